The van der Waals surface area contributed by atoms with E-state index in [9.17, 15) is 19.2 Å². The Balaban J connectivity index is 0.000000241. The summed E-state index contributed by atoms with van der Waals surface area (Å²) in [5.41, 5.74) is 17.2. The lowest BCUT2D eigenvalue weighted by atomic mass is 10.0. The molecule has 19 nitrogen and oxygen atoms in total. The average Bonchev–Trinajstić information content (AvgIpc) is 3.85. The number of rotatable bonds is 20. The lowest BCUT2D eigenvalue weighted by Crippen LogP contribution is -2.54. The summed E-state index contributed by atoms with van der Waals surface area (Å²) in [5.74, 6) is 0.228. The Labute approximate surface area is 447 Å². The van der Waals surface area contributed by atoms with Gasteiger partial charge in [0.2, 0.25) is 0 Å². The number of para-hydroxylation sites is 4. The summed E-state index contributed by atoms with van der Waals surface area (Å²) in [5, 5.41) is 6.80. The van der Waals surface area contributed by atoms with Crippen molar-refractivity contribution in [2.24, 2.45) is 0 Å². The standard InChI is InChI=1S/2C27H36ClN5O4.H2O/c2*1-4-32-22-9-5-6-10-23(22)33(27(32)35)13-8-7-12-31-14-11-21(25(17-31)37-3)30-26(34)18-15-19(28)20(29)16-24(18)36-2;/h2*5-6,9-10,15-16,21,25H,4,7-8,11-14,17,29H2,1-3H3,(H,30,34);1H2. The molecule has 6 aromatic rings. The number of nitrogen functional groups attached to an aromatic ring is 2. The minimum Gasteiger partial charge on any atom is -0.496 e. The normalized spacial score (nSPS) is 18.0. The summed E-state index contributed by atoms with van der Waals surface area (Å²) in [6.07, 6.45) is 4.99. The van der Waals surface area contributed by atoms with Gasteiger partial charge in [-0.2, -0.15) is 0 Å². The van der Waals surface area contributed by atoms with E-state index in [1.165, 1.54) is 26.4 Å². The van der Waals surface area contributed by atoms with Crippen LogP contribution in [0.2, 0.25) is 10.0 Å². The molecule has 2 amide bonds. The van der Waals surface area contributed by atoms with Crippen LogP contribution in [-0.2, 0) is 35.7 Å². The van der Waals surface area contributed by atoms with Gasteiger partial charge in [-0.15, -0.1) is 0 Å². The number of nitrogens with zero attached hydrogens (tertiary/aromatic N) is 6. The number of nitrogens with one attached hydrogen (secondary N) is 2. The molecule has 2 saturated heterocycles. The summed E-state index contributed by atoms with van der Waals surface area (Å²) in [4.78, 5) is 56.4. The number of unbranched alkanes of at least 4 members (excludes halogenated alkanes) is 2. The van der Waals surface area contributed by atoms with Gasteiger partial charge in [-0.25, -0.2) is 9.59 Å². The highest BCUT2D eigenvalue weighted by atomic mass is 35.5. The van der Waals surface area contributed by atoms with E-state index in [-0.39, 0.29) is 53.0 Å². The molecule has 408 valence electrons. The second kappa shape index (κ2) is 27.1. The Bertz CT molecular complexity index is 2810. The number of aryl methyl sites for hydroxylation is 4. The molecule has 75 heavy (non-hydrogen) atoms. The van der Waals surface area contributed by atoms with Crippen LogP contribution in [-0.4, -0.2) is 137 Å². The molecule has 2 aromatic heterocycles. The molecule has 2 fully saturated rings. The molecule has 8 rings (SSSR count). The number of methoxy groups -OCH3 is 4. The van der Waals surface area contributed by atoms with E-state index < -0.39 is 0 Å². The number of likely N-dealkylation sites (tertiary alicyclic amines) is 2. The Morgan fingerprint density at radius 2 is 0.920 bits per heavy atom. The van der Waals surface area contributed by atoms with Gasteiger partial charge in [-0.3, -0.25) is 27.9 Å². The van der Waals surface area contributed by atoms with Crippen molar-refractivity contribution < 1.29 is 34.0 Å². The molecule has 21 heteroatoms. The van der Waals surface area contributed by atoms with Crippen LogP contribution in [0.1, 0.15) is 73.1 Å². The van der Waals surface area contributed by atoms with Crippen molar-refractivity contribution in [1.29, 1.82) is 0 Å². The molecular formula is C54H74Cl2N10O9. The molecule has 0 spiro atoms. The SMILES string of the molecule is CCn1c(=O)n(CCCCN2CCC(NC(=O)c3cc(Cl)c(N)cc3OC)C(OC)C2)c2ccccc21.CCn1c(=O)n(CCCCN2CCC(NC(=O)c3cc(Cl)c(N)cc3OC)C(OC)C2)c2ccccc21.O. The number of ether oxygens (including phenoxy) is 4. The molecule has 2 aliphatic heterocycles. The van der Waals surface area contributed by atoms with Crippen molar-refractivity contribution in [3.63, 3.8) is 0 Å². The first-order chi connectivity index (χ1) is 35.7. The number of piperidine rings is 2. The minimum absolute atomic E-state index is 0. The number of halogens is 2. The smallest absolute Gasteiger partial charge is 0.329 e. The molecule has 0 aliphatic carbocycles. The minimum atomic E-state index is -0.268. The second-order valence-electron chi connectivity index (χ2n) is 18.8. The molecule has 4 unspecified atom stereocenters. The van der Waals surface area contributed by atoms with Crippen LogP contribution < -0.4 is 43.0 Å². The van der Waals surface area contributed by atoms with Crippen LogP contribution >= 0.6 is 23.2 Å². The molecule has 8 N–H and O–H groups in total. The van der Waals surface area contributed by atoms with Gasteiger partial charge in [0.15, 0.2) is 0 Å². The zero-order chi connectivity index (χ0) is 53.1. The number of carbonyl (C=O) groups is 2. The van der Waals surface area contributed by atoms with Gasteiger partial charge < -0.3 is 56.3 Å². The van der Waals surface area contributed by atoms with Crippen LogP contribution in [0.5, 0.6) is 11.5 Å². The molecular weight excluding hydrogens is 1000 g/mol. The Morgan fingerprint density at radius 3 is 1.25 bits per heavy atom. The van der Waals surface area contributed by atoms with Crippen LogP contribution in [0.4, 0.5) is 11.4 Å². The number of amides is 2. The number of nitrogens with two attached hydrogens (primary N) is 2. The summed E-state index contributed by atoms with van der Waals surface area (Å²) >= 11 is 12.3. The predicted molar refractivity (Wildman–Crippen MR) is 297 cm³/mol. The average molecular weight is 1080 g/mol. The van der Waals surface area contributed by atoms with Crippen LogP contribution in [0, 0.1) is 0 Å². The number of benzene rings is 4. The zero-order valence-electron chi connectivity index (χ0n) is 43.9. The number of imidazole rings is 2. The maximum Gasteiger partial charge on any atom is 0.329 e. The first-order valence-corrected chi connectivity index (χ1v) is 26.2. The number of fused-ring (bicyclic) bond motifs is 2. The van der Waals surface area contributed by atoms with Crippen LogP contribution in [0.3, 0.4) is 0 Å². The third-order valence-electron chi connectivity index (χ3n) is 14.3. The summed E-state index contributed by atoms with van der Waals surface area (Å²) in [6.45, 7) is 11.6. The van der Waals surface area contributed by atoms with E-state index >= 15 is 0 Å². The third kappa shape index (κ3) is 13.5. The Morgan fingerprint density at radius 1 is 0.573 bits per heavy atom. The van der Waals surface area contributed by atoms with Gasteiger partial charge in [0, 0.05) is 78.7 Å². The van der Waals surface area contributed by atoms with Crippen molar-refractivity contribution in [1.82, 2.24) is 38.7 Å². The van der Waals surface area contributed by atoms with Crippen molar-refractivity contribution in [3.8, 4) is 11.5 Å². The topological polar surface area (TPSA) is 239 Å². The number of carbonyl (C=O) groups excluding carboxylic acids is 2. The summed E-state index contributed by atoms with van der Waals surface area (Å²) in [6, 6.07) is 21.8. The van der Waals surface area contributed by atoms with E-state index in [0.717, 1.165) is 99.9 Å². The van der Waals surface area contributed by atoms with Gasteiger partial charge in [0.1, 0.15) is 11.5 Å². The van der Waals surface area contributed by atoms with Crippen molar-refractivity contribution in [3.05, 3.63) is 115 Å². The van der Waals surface area contributed by atoms with E-state index in [4.69, 9.17) is 53.6 Å². The quantitative estimate of drug-likeness (QED) is 0.0516. The Hall–Kier alpha value is -6.06. The first-order valence-electron chi connectivity index (χ1n) is 25.5. The molecule has 4 aromatic carbocycles. The largest absolute Gasteiger partial charge is 0.496 e. The van der Waals surface area contributed by atoms with Gasteiger partial charge in [0.25, 0.3) is 11.8 Å². The Kier molecular flexibility index (Phi) is 21.1. The first kappa shape index (κ1) is 58.2. The van der Waals surface area contributed by atoms with Gasteiger partial charge in [-0.1, -0.05) is 47.5 Å². The number of aromatic nitrogens is 4. The molecule has 0 bridgehead atoms. The van der Waals surface area contributed by atoms with E-state index in [1.54, 1.807) is 26.4 Å². The fourth-order valence-electron chi connectivity index (χ4n) is 10.3. The van der Waals surface area contributed by atoms with Gasteiger partial charge >= 0.3 is 11.4 Å². The maximum atomic E-state index is 13.0. The third-order valence-corrected chi connectivity index (χ3v) is 15.0. The molecule has 0 radical (unpaired) electrons. The predicted octanol–water partition coefficient (Wildman–Crippen LogP) is 5.91. The van der Waals surface area contributed by atoms with Crippen molar-refractivity contribution >= 4 is 68.5 Å². The molecule has 4 atom stereocenters. The molecule has 4 heterocycles. The molecule has 0 saturated carbocycles. The summed E-state index contributed by atoms with van der Waals surface area (Å²) in [7, 11) is 6.33. The lowest BCUT2D eigenvalue weighted by Gasteiger charge is -2.38. The lowest BCUT2D eigenvalue weighted by molar-refractivity contribution is 0.00593. The van der Waals surface area contributed by atoms with Crippen molar-refractivity contribution in [2.45, 2.75) is 103 Å². The summed E-state index contributed by atoms with van der Waals surface area (Å²) < 4.78 is 29.6. The highest BCUT2D eigenvalue weighted by molar-refractivity contribution is 6.34. The zero-order valence-corrected chi connectivity index (χ0v) is 45.4. The van der Waals surface area contributed by atoms with Crippen LogP contribution in [0.25, 0.3) is 22.1 Å². The highest BCUT2D eigenvalue weighted by Gasteiger charge is 2.33. The highest BCUT2D eigenvalue weighted by Crippen LogP contribution is 2.31. The second-order valence-corrected chi connectivity index (χ2v) is 19.6. The molecule has 2 aliphatic rings. The fraction of sp³-hybridized carbons (Fsp3) is 0.481. The monoisotopic (exact) mass is 1080 g/mol. The number of anilines is 2. The number of hydrogen-bond acceptors (Lipinski definition) is 12. The van der Waals surface area contributed by atoms with Gasteiger partial charge in [-0.05, 0) is 102 Å². The number of hydrogen-bond donors (Lipinski definition) is 4. The fourth-order valence-corrected chi connectivity index (χ4v) is 10.6. The van der Waals surface area contributed by atoms with Crippen LogP contribution in [0.15, 0.2) is 82.4 Å². The van der Waals surface area contributed by atoms with E-state index in [0.29, 0.717) is 70.2 Å². The van der Waals surface area contributed by atoms with E-state index in [1.807, 2.05) is 80.6 Å². The van der Waals surface area contributed by atoms with Gasteiger partial charge in [0.05, 0.1) is 93.1 Å². The van der Waals surface area contributed by atoms with Crippen molar-refractivity contribution in [2.75, 3.05) is 79.2 Å². The maximum absolute atomic E-state index is 13.0. The van der Waals surface area contributed by atoms with E-state index in [2.05, 4.69) is 20.4 Å².